The first kappa shape index (κ1) is 16.0. The molecule has 1 aliphatic heterocycles. The topological polar surface area (TPSA) is 102 Å². The van der Waals surface area contributed by atoms with Gasteiger partial charge in [-0.05, 0) is 26.0 Å². The van der Waals surface area contributed by atoms with Crippen LogP contribution in [-0.2, 0) is 11.3 Å². The zero-order valence-corrected chi connectivity index (χ0v) is 13.6. The molecule has 3 heterocycles. The second-order valence-electron chi connectivity index (χ2n) is 5.56. The highest BCUT2D eigenvalue weighted by Crippen LogP contribution is 2.33. The Kier molecular flexibility index (Phi) is 4.20. The smallest absolute Gasteiger partial charge is 0.331 e. The first-order valence-corrected chi connectivity index (χ1v) is 7.83. The number of amides is 1. The molecule has 0 radical (unpaired) electrons. The van der Waals surface area contributed by atoms with Crippen molar-refractivity contribution in [2.24, 2.45) is 0 Å². The van der Waals surface area contributed by atoms with Crippen LogP contribution < -0.4 is 4.90 Å². The van der Waals surface area contributed by atoms with Gasteiger partial charge in [-0.2, -0.15) is 5.10 Å². The summed E-state index contributed by atoms with van der Waals surface area (Å²) >= 11 is 0. The van der Waals surface area contributed by atoms with Crippen molar-refractivity contribution < 1.29 is 14.7 Å². The number of nitrogens with one attached hydrogen (secondary N) is 1. The molecule has 3 rings (SSSR count). The Morgan fingerprint density at radius 3 is 2.67 bits per heavy atom. The molecule has 1 aliphatic rings. The lowest BCUT2D eigenvalue weighted by atomic mass is 10.1. The van der Waals surface area contributed by atoms with Crippen LogP contribution in [0.5, 0.6) is 0 Å². The number of aliphatic carboxylic acids is 1. The number of carboxylic acid groups (broad SMARTS) is 1. The van der Waals surface area contributed by atoms with E-state index in [0.717, 1.165) is 18.9 Å². The number of rotatable bonds is 5. The van der Waals surface area contributed by atoms with Crippen molar-refractivity contribution in [2.75, 3.05) is 18.0 Å². The Labute approximate surface area is 139 Å². The number of carbonyl (C=O) groups excluding carboxylic acids is 1. The Morgan fingerprint density at radius 1 is 1.33 bits per heavy atom. The number of aromatic amines is 1. The highest BCUT2D eigenvalue weighted by Gasteiger charge is 2.40. The standard InChI is InChI=1S/C16H19N5O3/c1-3-20(4-2)13-6-5-10(7-17-13)15(22)21-9-12-11(8-18-19-12)14(21)16(23)24/h5-8,14H,3-4,9H2,1-2H3,(H,18,19)(H,23,24). The van der Waals surface area contributed by atoms with Crippen LogP contribution >= 0.6 is 0 Å². The van der Waals surface area contributed by atoms with E-state index in [1.54, 1.807) is 12.1 Å². The normalized spacial score (nSPS) is 16.1. The number of anilines is 1. The fourth-order valence-corrected chi connectivity index (χ4v) is 2.98. The molecule has 8 heteroatoms. The van der Waals surface area contributed by atoms with Gasteiger partial charge in [-0.3, -0.25) is 9.89 Å². The van der Waals surface area contributed by atoms with Crippen molar-refractivity contribution in [3.63, 3.8) is 0 Å². The number of hydrogen-bond acceptors (Lipinski definition) is 5. The maximum atomic E-state index is 12.7. The molecule has 0 bridgehead atoms. The molecule has 126 valence electrons. The van der Waals surface area contributed by atoms with Gasteiger partial charge in [0.1, 0.15) is 5.82 Å². The Hall–Kier alpha value is -2.90. The van der Waals surface area contributed by atoms with Crippen molar-refractivity contribution in [2.45, 2.75) is 26.4 Å². The second kappa shape index (κ2) is 6.31. The number of hydrogen-bond donors (Lipinski definition) is 2. The maximum Gasteiger partial charge on any atom is 0.331 e. The molecule has 1 unspecified atom stereocenters. The maximum absolute atomic E-state index is 12.7. The van der Waals surface area contributed by atoms with Gasteiger partial charge in [-0.25, -0.2) is 9.78 Å². The molecule has 1 amide bonds. The number of pyridine rings is 1. The SMILES string of the molecule is CCN(CC)c1ccc(C(=O)N2Cc3[nH]ncc3C2C(=O)O)cn1. The van der Waals surface area contributed by atoms with Gasteiger partial charge in [0.05, 0.1) is 24.0 Å². The third kappa shape index (κ3) is 2.60. The highest BCUT2D eigenvalue weighted by molar-refractivity contribution is 5.97. The van der Waals surface area contributed by atoms with Crippen LogP contribution in [-0.4, -0.2) is 50.2 Å². The lowest BCUT2D eigenvalue weighted by Gasteiger charge is -2.23. The van der Waals surface area contributed by atoms with Gasteiger partial charge in [-0.15, -0.1) is 0 Å². The van der Waals surface area contributed by atoms with Gasteiger partial charge in [0.25, 0.3) is 5.91 Å². The first-order valence-electron chi connectivity index (χ1n) is 7.83. The van der Waals surface area contributed by atoms with Crippen LogP contribution in [0.25, 0.3) is 0 Å². The van der Waals surface area contributed by atoms with E-state index in [9.17, 15) is 14.7 Å². The summed E-state index contributed by atoms with van der Waals surface area (Å²) in [5, 5.41) is 16.1. The molecule has 0 saturated heterocycles. The van der Waals surface area contributed by atoms with E-state index in [-0.39, 0.29) is 12.5 Å². The van der Waals surface area contributed by atoms with Crippen molar-refractivity contribution in [3.05, 3.63) is 41.3 Å². The van der Waals surface area contributed by atoms with Gasteiger partial charge in [-0.1, -0.05) is 0 Å². The van der Waals surface area contributed by atoms with Crippen LogP contribution in [0.4, 0.5) is 5.82 Å². The van der Waals surface area contributed by atoms with E-state index in [4.69, 9.17) is 0 Å². The van der Waals surface area contributed by atoms with Gasteiger partial charge < -0.3 is 14.9 Å². The quantitative estimate of drug-likeness (QED) is 0.860. The molecule has 0 aromatic carbocycles. The average molecular weight is 329 g/mol. The summed E-state index contributed by atoms with van der Waals surface area (Å²) in [5.41, 5.74) is 1.56. The molecule has 24 heavy (non-hydrogen) atoms. The Morgan fingerprint density at radius 2 is 2.08 bits per heavy atom. The molecule has 0 fully saturated rings. The minimum atomic E-state index is -1.07. The van der Waals surface area contributed by atoms with Crippen LogP contribution in [0.2, 0.25) is 0 Å². The summed E-state index contributed by atoms with van der Waals surface area (Å²) < 4.78 is 0. The number of carboxylic acids is 1. The fraction of sp³-hybridized carbons (Fsp3) is 0.375. The highest BCUT2D eigenvalue weighted by atomic mass is 16.4. The summed E-state index contributed by atoms with van der Waals surface area (Å²) in [6.45, 7) is 5.92. The lowest BCUT2D eigenvalue weighted by molar-refractivity contribution is -0.142. The number of fused-ring (bicyclic) bond motifs is 1. The van der Waals surface area contributed by atoms with E-state index >= 15 is 0 Å². The third-order valence-corrected chi connectivity index (χ3v) is 4.26. The van der Waals surface area contributed by atoms with E-state index in [1.165, 1.54) is 17.3 Å². The van der Waals surface area contributed by atoms with Crippen LogP contribution in [0.1, 0.15) is 41.5 Å². The first-order chi connectivity index (χ1) is 11.6. The molecule has 0 saturated carbocycles. The van der Waals surface area contributed by atoms with Crippen molar-refractivity contribution in [1.82, 2.24) is 20.1 Å². The minimum Gasteiger partial charge on any atom is -0.479 e. The summed E-state index contributed by atoms with van der Waals surface area (Å²) in [6, 6.07) is 2.45. The molecular weight excluding hydrogens is 310 g/mol. The van der Waals surface area contributed by atoms with E-state index in [2.05, 4.69) is 20.1 Å². The van der Waals surface area contributed by atoms with Gasteiger partial charge in [0.15, 0.2) is 6.04 Å². The summed E-state index contributed by atoms with van der Waals surface area (Å²) in [6.07, 6.45) is 2.96. The third-order valence-electron chi connectivity index (χ3n) is 4.26. The van der Waals surface area contributed by atoms with E-state index in [1.807, 2.05) is 13.8 Å². The fourth-order valence-electron chi connectivity index (χ4n) is 2.98. The van der Waals surface area contributed by atoms with Crippen LogP contribution in [0.3, 0.4) is 0 Å². The lowest BCUT2D eigenvalue weighted by Crippen LogP contribution is -2.34. The average Bonchev–Trinajstić information content (AvgIpc) is 3.16. The zero-order valence-electron chi connectivity index (χ0n) is 13.6. The molecule has 0 aliphatic carbocycles. The second-order valence-corrected chi connectivity index (χ2v) is 5.56. The number of nitrogens with zero attached hydrogens (tertiary/aromatic N) is 4. The van der Waals surface area contributed by atoms with Crippen LogP contribution in [0.15, 0.2) is 24.5 Å². The van der Waals surface area contributed by atoms with Gasteiger partial charge in [0.2, 0.25) is 0 Å². The van der Waals surface area contributed by atoms with Crippen LogP contribution in [0, 0.1) is 0 Å². The summed E-state index contributed by atoms with van der Waals surface area (Å²) in [5.74, 6) is -0.635. The van der Waals surface area contributed by atoms with Gasteiger partial charge in [0, 0.05) is 24.8 Å². The number of aromatic nitrogens is 3. The monoisotopic (exact) mass is 329 g/mol. The zero-order chi connectivity index (χ0) is 17.3. The van der Waals surface area contributed by atoms with Crippen molar-refractivity contribution in [3.8, 4) is 0 Å². The number of H-pyrrole nitrogens is 1. The summed E-state index contributed by atoms with van der Waals surface area (Å²) in [7, 11) is 0. The molecule has 2 N–H and O–H groups in total. The van der Waals surface area contributed by atoms with Crippen molar-refractivity contribution in [1.29, 1.82) is 0 Å². The molecule has 2 aromatic heterocycles. The largest absolute Gasteiger partial charge is 0.479 e. The van der Waals surface area contributed by atoms with Gasteiger partial charge >= 0.3 is 5.97 Å². The molecule has 2 aromatic rings. The van der Waals surface area contributed by atoms with Crippen molar-refractivity contribution >= 4 is 17.7 Å². The van der Waals surface area contributed by atoms with E-state index < -0.39 is 12.0 Å². The Balaban J connectivity index is 1.84. The molecular formula is C16H19N5O3. The minimum absolute atomic E-state index is 0.197. The number of carbonyl (C=O) groups is 2. The predicted octanol–water partition coefficient (Wildman–Crippen LogP) is 1.43. The molecule has 0 spiro atoms. The molecule has 1 atom stereocenters. The molecule has 8 nitrogen and oxygen atoms in total. The summed E-state index contributed by atoms with van der Waals surface area (Å²) in [4.78, 5) is 32.0. The van der Waals surface area contributed by atoms with E-state index in [0.29, 0.717) is 16.8 Å². The predicted molar refractivity (Wildman–Crippen MR) is 86.6 cm³/mol. The Bertz CT molecular complexity index is 751.